The van der Waals surface area contributed by atoms with E-state index >= 15 is 0 Å². The third-order valence-electron chi connectivity index (χ3n) is 4.46. The first-order valence-corrected chi connectivity index (χ1v) is 12.5. The molecule has 0 radical (unpaired) electrons. The number of ether oxygens (including phenoxy) is 1. The van der Waals surface area contributed by atoms with E-state index in [0.29, 0.717) is 22.5 Å². The molecule has 1 aromatic heterocycles. The molecular weight excluding hydrogens is 704 g/mol. The molecule has 0 aliphatic carbocycles. The summed E-state index contributed by atoms with van der Waals surface area (Å²) < 4.78 is 9.18. The van der Waals surface area contributed by atoms with Crippen molar-refractivity contribution in [3.8, 4) is 5.75 Å². The lowest BCUT2D eigenvalue weighted by molar-refractivity contribution is -0.144. The van der Waals surface area contributed by atoms with E-state index in [0.717, 1.165) is 17.2 Å². The van der Waals surface area contributed by atoms with Crippen molar-refractivity contribution in [2.75, 3.05) is 0 Å². The lowest BCUT2D eigenvalue weighted by atomic mass is 9.95. The molecule has 0 bridgehead atoms. The first-order chi connectivity index (χ1) is 14.9. The zero-order valence-electron chi connectivity index (χ0n) is 17.7. The fourth-order valence-corrected chi connectivity index (χ4v) is 5.29. The minimum absolute atomic E-state index is 0.253. The molecule has 0 amide bonds. The largest absolute Gasteiger partial charge is 0.479 e. The molecule has 1 N–H and O–H groups in total. The highest BCUT2D eigenvalue weighted by atomic mass is 127. The van der Waals surface area contributed by atoms with Gasteiger partial charge < -0.3 is 9.84 Å². The monoisotopic (exact) mass is 723 g/mol. The van der Waals surface area contributed by atoms with Crippen molar-refractivity contribution in [2.45, 2.75) is 39.2 Å². The van der Waals surface area contributed by atoms with Crippen molar-refractivity contribution < 1.29 is 14.6 Å². The van der Waals surface area contributed by atoms with Gasteiger partial charge in [0.05, 0.1) is 24.3 Å². The number of aromatic nitrogens is 2. The van der Waals surface area contributed by atoms with Crippen LogP contribution in [0.5, 0.6) is 5.75 Å². The van der Waals surface area contributed by atoms with Crippen LogP contribution in [-0.2, 0) is 10.2 Å². The van der Waals surface area contributed by atoms with Gasteiger partial charge in [-0.15, -0.1) is 0 Å². The summed E-state index contributed by atoms with van der Waals surface area (Å²) in [6.45, 7) is 7.42. The second kappa shape index (κ2) is 9.75. The smallest absolute Gasteiger partial charge is 0.344 e. The number of aliphatic carboxylic acids is 1. The van der Waals surface area contributed by atoms with Gasteiger partial charge in [-0.2, -0.15) is 9.78 Å². The normalized spacial score (nSPS) is 13.0. The van der Waals surface area contributed by atoms with Crippen LogP contribution in [0.25, 0.3) is 10.9 Å². The molecule has 1 atom stereocenters. The van der Waals surface area contributed by atoms with Crippen molar-refractivity contribution in [1.82, 2.24) is 9.66 Å². The molecular formula is C22H20BrI2N3O4. The maximum atomic E-state index is 13.3. The number of carboxylic acid groups (broad SMARTS) is 1. The van der Waals surface area contributed by atoms with Crippen molar-refractivity contribution in [3.05, 3.63) is 63.7 Å². The Morgan fingerprint density at radius 2 is 1.88 bits per heavy atom. The van der Waals surface area contributed by atoms with Crippen LogP contribution in [0.15, 0.2) is 44.7 Å². The molecule has 7 nitrogen and oxygen atoms in total. The maximum Gasteiger partial charge on any atom is 0.344 e. The highest BCUT2D eigenvalue weighted by Crippen LogP contribution is 2.30. The van der Waals surface area contributed by atoms with E-state index in [9.17, 15) is 9.59 Å². The SMILES string of the molecule is C[C@@H](Oc1c(I)cc(C=Nn2c(C(C)(C)C)nc3ccc(Br)cc3c2=O)cc1I)C(=O)O. The van der Waals surface area contributed by atoms with Gasteiger partial charge >= 0.3 is 5.97 Å². The Morgan fingerprint density at radius 1 is 1.25 bits per heavy atom. The van der Waals surface area contributed by atoms with Crippen molar-refractivity contribution in [2.24, 2.45) is 5.10 Å². The summed E-state index contributed by atoms with van der Waals surface area (Å²) in [6, 6.07) is 9.05. The van der Waals surface area contributed by atoms with E-state index in [1.807, 2.05) is 45.0 Å². The number of benzene rings is 2. The lowest BCUT2D eigenvalue weighted by Crippen LogP contribution is -2.29. The molecule has 3 aromatic rings. The Bertz CT molecular complexity index is 1280. The van der Waals surface area contributed by atoms with Gasteiger partial charge in [-0.1, -0.05) is 36.7 Å². The summed E-state index contributed by atoms with van der Waals surface area (Å²) in [5.41, 5.74) is 0.700. The molecule has 0 aliphatic heterocycles. The van der Waals surface area contributed by atoms with Gasteiger partial charge in [-0.25, -0.2) is 9.78 Å². The summed E-state index contributed by atoms with van der Waals surface area (Å²) in [7, 11) is 0. The molecule has 0 aliphatic rings. The Kier molecular flexibility index (Phi) is 7.65. The first kappa shape index (κ1) is 25.1. The van der Waals surface area contributed by atoms with Crippen LogP contribution in [0, 0.1) is 7.14 Å². The summed E-state index contributed by atoms with van der Waals surface area (Å²) in [4.78, 5) is 29.1. The molecule has 1 heterocycles. The van der Waals surface area contributed by atoms with Crippen LogP contribution in [0.1, 0.15) is 39.1 Å². The fraction of sp³-hybridized carbons (Fsp3) is 0.273. The Balaban J connectivity index is 2.09. The number of carbonyl (C=O) groups is 1. The Labute approximate surface area is 220 Å². The predicted octanol–water partition coefficient (Wildman–Crippen LogP) is 5.40. The van der Waals surface area contributed by atoms with Gasteiger partial charge in [0.25, 0.3) is 5.56 Å². The summed E-state index contributed by atoms with van der Waals surface area (Å²) in [6.07, 6.45) is 0.629. The van der Waals surface area contributed by atoms with E-state index in [1.54, 1.807) is 12.3 Å². The van der Waals surface area contributed by atoms with Crippen LogP contribution in [0.3, 0.4) is 0 Å². The molecule has 0 spiro atoms. The molecule has 168 valence electrons. The number of hydrogen-bond acceptors (Lipinski definition) is 5. The molecule has 0 fully saturated rings. The zero-order valence-corrected chi connectivity index (χ0v) is 23.6. The van der Waals surface area contributed by atoms with Crippen molar-refractivity contribution in [3.63, 3.8) is 0 Å². The maximum absolute atomic E-state index is 13.3. The van der Waals surface area contributed by atoms with Gasteiger partial charge in [0.2, 0.25) is 0 Å². The minimum atomic E-state index is -1.04. The second-order valence-corrected chi connectivity index (χ2v) is 11.4. The minimum Gasteiger partial charge on any atom is -0.479 e. The fourth-order valence-electron chi connectivity index (χ4n) is 2.86. The average Bonchev–Trinajstić information content (AvgIpc) is 2.69. The van der Waals surface area contributed by atoms with Crippen molar-refractivity contribution in [1.29, 1.82) is 0 Å². The highest BCUT2D eigenvalue weighted by Gasteiger charge is 2.23. The van der Waals surface area contributed by atoms with Gasteiger partial charge in [-0.05, 0) is 88.0 Å². The van der Waals surface area contributed by atoms with Gasteiger partial charge in [0.1, 0.15) is 11.6 Å². The number of halogens is 3. The first-order valence-electron chi connectivity index (χ1n) is 9.54. The Morgan fingerprint density at radius 3 is 2.44 bits per heavy atom. The van der Waals surface area contributed by atoms with Crippen LogP contribution >= 0.6 is 61.1 Å². The van der Waals surface area contributed by atoms with Crippen LogP contribution in [0.2, 0.25) is 0 Å². The van der Waals surface area contributed by atoms with Crippen LogP contribution < -0.4 is 10.3 Å². The third kappa shape index (κ3) is 5.50. The topological polar surface area (TPSA) is 93.8 Å². The quantitative estimate of drug-likeness (QED) is 0.281. The molecule has 32 heavy (non-hydrogen) atoms. The summed E-state index contributed by atoms with van der Waals surface area (Å²) in [5, 5.41) is 14.1. The van der Waals surface area contributed by atoms with Gasteiger partial charge in [0, 0.05) is 9.89 Å². The molecule has 2 aromatic carbocycles. The van der Waals surface area contributed by atoms with Crippen LogP contribution in [-0.4, -0.2) is 33.1 Å². The van der Waals surface area contributed by atoms with Gasteiger partial charge in [0.15, 0.2) is 6.10 Å². The van der Waals surface area contributed by atoms with E-state index in [2.05, 4.69) is 66.2 Å². The number of nitrogens with zero attached hydrogens (tertiary/aromatic N) is 3. The summed E-state index contributed by atoms with van der Waals surface area (Å²) in [5.74, 6) is 0.0167. The van der Waals surface area contributed by atoms with E-state index in [-0.39, 0.29) is 5.56 Å². The van der Waals surface area contributed by atoms with Crippen LogP contribution in [0.4, 0.5) is 0 Å². The average molecular weight is 724 g/mol. The molecule has 0 saturated carbocycles. The number of rotatable bonds is 5. The molecule has 10 heteroatoms. The van der Waals surface area contributed by atoms with Gasteiger partial charge in [-0.3, -0.25) is 4.79 Å². The van der Waals surface area contributed by atoms with E-state index < -0.39 is 17.5 Å². The standard InChI is InChI=1S/C22H20BrI2N3O4/c1-11(20(30)31)32-18-15(24)7-12(8-16(18)25)10-26-28-19(29)14-9-13(23)5-6-17(14)27-21(28)22(2,3)4/h5-11H,1-4H3,(H,30,31)/t11-/m1/s1. The second-order valence-electron chi connectivity index (χ2n) is 8.12. The molecule has 0 saturated heterocycles. The summed E-state index contributed by atoms with van der Waals surface area (Å²) >= 11 is 7.60. The molecule has 0 unspecified atom stereocenters. The van der Waals surface area contributed by atoms with E-state index in [1.165, 1.54) is 11.6 Å². The molecule has 3 rings (SSSR count). The third-order valence-corrected chi connectivity index (χ3v) is 6.56. The zero-order chi connectivity index (χ0) is 23.8. The lowest BCUT2D eigenvalue weighted by Gasteiger charge is -2.21. The number of carboxylic acids is 1. The number of hydrogen-bond donors (Lipinski definition) is 1. The predicted molar refractivity (Wildman–Crippen MR) is 145 cm³/mol. The Hall–Kier alpha value is -1.54. The van der Waals surface area contributed by atoms with E-state index in [4.69, 9.17) is 14.8 Å². The number of fused-ring (bicyclic) bond motifs is 1. The highest BCUT2D eigenvalue weighted by molar-refractivity contribution is 14.1. The van der Waals surface area contributed by atoms with Crippen molar-refractivity contribution >= 4 is 84.2 Å².